The summed E-state index contributed by atoms with van der Waals surface area (Å²) < 4.78 is 91.4. The van der Waals surface area contributed by atoms with Crippen LogP contribution < -0.4 is 14.2 Å². The Morgan fingerprint density at radius 3 is 2.83 bits per heavy atom. The minimum absolute atomic E-state index is 0.0929. The highest BCUT2D eigenvalue weighted by Gasteiger charge is 2.27. The molecule has 0 atom stereocenters. The quantitative estimate of drug-likeness (QED) is 0.554. The molecule has 8 nitrogen and oxygen atoms in total. The van der Waals surface area contributed by atoms with Crippen molar-refractivity contribution in [3.05, 3.63) is 50.3 Å². The van der Waals surface area contributed by atoms with Crippen molar-refractivity contribution in [2.24, 2.45) is 0 Å². The van der Waals surface area contributed by atoms with Gasteiger partial charge in [-0.3, -0.25) is 4.79 Å². The van der Waals surface area contributed by atoms with Gasteiger partial charge in [-0.25, -0.2) is 13.1 Å². The van der Waals surface area contributed by atoms with E-state index < -0.39 is 67.8 Å². The van der Waals surface area contributed by atoms with Crippen molar-refractivity contribution in [1.29, 1.82) is 0 Å². The number of Topliss-reactive ketones (excluding diaryl/α,β-unsaturated/α-hetero) is 1. The summed E-state index contributed by atoms with van der Waals surface area (Å²) in [6.45, 7) is 0.0624. The number of sulfonamides is 1. The van der Waals surface area contributed by atoms with Crippen LogP contribution in [0.25, 0.3) is 0 Å². The van der Waals surface area contributed by atoms with Crippen LogP contribution in [0.5, 0.6) is 11.5 Å². The molecular formula is C18H15ClN2O6S2. The van der Waals surface area contributed by atoms with E-state index in [0.29, 0.717) is 11.3 Å². The molecule has 4 rings (SSSR count). The van der Waals surface area contributed by atoms with Gasteiger partial charge >= 0.3 is 0 Å². The lowest BCUT2D eigenvalue weighted by atomic mass is 10.0. The number of nitrogens with zero attached hydrogens (tertiary/aromatic N) is 1. The summed E-state index contributed by atoms with van der Waals surface area (Å²) in [5.74, 6) is -2.61. The summed E-state index contributed by atoms with van der Waals surface area (Å²) in [4.78, 5) is 12.3. The van der Waals surface area contributed by atoms with Crippen molar-refractivity contribution in [3.8, 4) is 11.5 Å². The van der Waals surface area contributed by atoms with E-state index >= 15 is 0 Å². The molecule has 3 heterocycles. The van der Waals surface area contributed by atoms with Crippen molar-refractivity contribution < 1.29 is 35.4 Å². The van der Waals surface area contributed by atoms with E-state index in [-0.39, 0.29) is 22.2 Å². The van der Waals surface area contributed by atoms with Gasteiger partial charge in [-0.15, -0.1) is 11.3 Å². The van der Waals surface area contributed by atoms with Gasteiger partial charge < -0.3 is 14.0 Å². The second-order valence-corrected chi connectivity index (χ2v) is 8.73. The van der Waals surface area contributed by atoms with Crippen LogP contribution in [-0.2, 0) is 16.4 Å². The van der Waals surface area contributed by atoms with E-state index in [4.69, 9.17) is 33.8 Å². The number of carbonyl (C=O) groups excluding carboxylic acids is 1. The van der Waals surface area contributed by atoms with Crippen LogP contribution in [0.2, 0.25) is 5.02 Å². The third-order valence-electron chi connectivity index (χ3n) is 3.79. The zero-order valence-electron chi connectivity index (χ0n) is 20.7. The van der Waals surface area contributed by atoms with Crippen LogP contribution in [0.3, 0.4) is 0 Å². The Balaban J connectivity index is 1.78. The van der Waals surface area contributed by atoms with Crippen LogP contribution in [0.4, 0.5) is 5.88 Å². The summed E-state index contributed by atoms with van der Waals surface area (Å²) in [5.41, 5.74) is -0.526. The monoisotopic (exact) mass is 460 g/mol. The molecule has 1 aliphatic heterocycles. The van der Waals surface area contributed by atoms with Gasteiger partial charge in [0.25, 0.3) is 15.9 Å². The first kappa shape index (κ1) is 13.6. The van der Waals surface area contributed by atoms with E-state index in [1.807, 2.05) is 0 Å². The number of ether oxygens (including phenoxy) is 2. The fourth-order valence-corrected chi connectivity index (χ4v) is 4.86. The van der Waals surface area contributed by atoms with Crippen LogP contribution in [-0.4, -0.2) is 26.1 Å². The molecule has 0 aliphatic carbocycles. The number of thiophene rings is 1. The third kappa shape index (κ3) is 3.70. The Morgan fingerprint density at radius 1 is 1.41 bits per heavy atom. The predicted molar refractivity (Wildman–Crippen MR) is 107 cm³/mol. The molecule has 152 valence electrons. The highest BCUT2D eigenvalue weighted by Crippen LogP contribution is 2.36. The standard InChI is InChI=1S/C18H15ClN2O6S2/c1-9-5-13-14(26-8-25-13)7-11(9)6-12(22)17-15(3-4-28-17)29(23,24)21-18-16(19)10(2)20-27-18/h3-5,7,21H,6,8H2,1-2H3/i5D,6D2,7D,8D2. The Kier molecular flexibility index (Phi) is 3.46. The molecule has 0 unspecified atom stereocenters. The summed E-state index contributed by atoms with van der Waals surface area (Å²) in [6.07, 6.45) is -3.00. The number of hydrogen-bond donors (Lipinski definition) is 1. The molecule has 1 aliphatic rings. The van der Waals surface area contributed by atoms with Crippen LogP contribution in [0.15, 0.2) is 32.9 Å². The number of ketones is 1. The Labute approximate surface area is 183 Å². The summed E-state index contributed by atoms with van der Waals surface area (Å²) in [7, 11) is -4.47. The number of fused-ring (bicyclic) bond motifs is 1. The summed E-state index contributed by atoms with van der Waals surface area (Å²) in [6, 6.07) is -0.0808. The fourth-order valence-electron chi connectivity index (χ4n) is 2.37. The number of aryl methyl sites for hydroxylation is 1. The molecule has 0 spiro atoms. The molecule has 1 N–H and O–H groups in total. The maximum atomic E-state index is 13.4. The van der Waals surface area contributed by atoms with Crippen molar-refractivity contribution in [1.82, 2.24) is 5.16 Å². The van der Waals surface area contributed by atoms with E-state index in [9.17, 15) is 13.2 Å². The maximum Gasteiger partial charge on any atom is 0.265 e. The highest BCUT2D eigenvalue weighted by atomic mass is 35.5. The minimum Gasteiger partial charge on any atom is -0.454 e. The number of hydrogen-bond acceptors (Lipinski definition) is 8. The molecule has 0 saturated carbocycles. The molecular weight excluding hydrogens is 440 g/mol. The number of rotatable bonds is 6. The normalized spacial score (nSPS) is 18.2. The van der Waals surface area contributed by atoms with Gasteiger partial charge in [-0.1, -0.05) is 16.8 Å². The number of anilines is 1. The van der Waals surface area contributed by atoms with Gasteiger partial charge in [0.1, 0.15) is 18.4 Å². The lowest BCUT2D eigenvalue weighted by molar-refractivity contribution is 0.0994. The van der Waals surface area contributed by atoms with Gasteiger partial charge in [-0.05, 0) is 48.5 Å². The van der Waals surface area contributed by atoms with Crippen molar-refractivity contribution >= 4 is 44.6 Å². The van der Waals surface area contributed by atoms with Gasteiger partial charge in [0.2, 0.25) is 6.75 Å². The van der Waals surface area contributed by atoms with Crippen LogP contribution >= 0.6 is 22.9 Å². The highest BCUT2D eigenvalue weighted by molar-refractivity contribution is 7.93. The molecule has 11 heteroatoms. The van der Waals surface area contributed by atoms with Crippen molar-refractivity contribution in [2.45, 2.75) is 25.1 Å². The van der Waals surface area contributed by atoms with E-state index in [0.717, 1.165) is 6.07 Å². The Hall–Kier alpha value is -2.56. The predicted octanol–water partition coefficient (Wildman–Crippen LogP) is 3.96. The number of halogens is 1. The lowest BCUT2D eigenvalue weighted by Gasteiger charge is -2.09. The zero-order chi connectivity index (χ0) is 26.1. The van der Waals surface area contributed by atoms with Gasteiger partial charge in [0, 0.05) is 9.11 Å². The number of aromatic nitrogens is 1. The van der Waals surface area contributed by atoms with Crippen LogP contribution in [0.1, 0.15) is 34.7 Å². The second-order valence-electron chi connectivity index (χ2n) is 5.78. The molecule has 29 heavy (non-hydrogen) atoms. The van der Waals surface area contributed by atoms with E-state index in [2.05, 4.69) is 9.88 Å². The molecule has 1 aromatic carbocycles. The first-order chi connectivity index (χ1) is 16.1. The Bertz CT molecular complexity index is 1490. The number of nitrogens with one attached hydrogen (secondary N) is 1. The largest absolute Gasteiger partial charge is 0.454 e. The number of carbonyl (C=O) groups is 1. The second kappa shape index (κ2) is 7.36. The smallest absolute Gasteiger partial charge is 0.265 e. The fraction of sp³-hybridized carbons (Fsp3) is 0.222. The molecule has 0 bridgehead atoms. The topological polar surface area (TPSA) is 108 Å². The van der Waals surface area contributed by atoms with Crippen molar-refractivity contribution in [2.75, 3.05) is 11.5 Å². The van der Waals surface area contributed by atoms with E-state index in [1.54, 1.807) is 0 Å². The first-order valence-corrected chi connectivity index (χ1v) is 10.6. The lowest BCUT2D eigenvalue weighted by Crippen LogP contribution is -2.16. The summed E-state index contributed by atoms with van der Waals surface area (Å²) in [5, 5.41) is 4.71. The van der Waals surface area contributed by atoms with Gasteiger partial charge in [0.15, 0.2) is 17.3 Å². The molecule has 3 aromatic rings. The molecule has 0 fully saturated rings. The van der Waals surface area contributed by atoms with Crippen molar-refractivity contribution in [3.63, 3.8) is 0 Å². The SMILES string of the molecule is [2H]c1c(C)c(C([2H])([2H])C(=O)c2sccc2S(=O)(=O)Nc2onc(C)c2Cl)c([2H])c2c1OC([2H])([2H])O2. The maximum absolute atomic E-state index is 13.4. The third-order valence-corrected chi connectivity index (χ3v) is 6.65. The zero-order valence-corrected chi connectivity index (χ0v) is 17.1. The molecule has 2 aromatic heterocycles. The van der Waals surface area contributed by atoms with Gasteiger partial charge in [-0.2, -0.15) is 0 Å². The number of benzene rings is 1. The molecule has 0 saturated heterocycles. The Morgan fingerprint density at radius 2 is 2.14 bits per heavy atom. The first-order valence-electron chi connectivity index (χ1n) is 10.9. The summed E-state index contributed by atoms with van der Waals surface area (Å²) >= 11 is 6.61. The van der Waals surface area contributed by atoms with E-state index in [1.165, 1.54) is 19.2 Å². The minimum atomic E-state index is -4.47. The average Bonchev–Trinajstić information content (AvgIpc) is 3.45. The molecule has 0 amide bonds. The average molecular weight is 461 g/mol. The van der Waals surface area contributed by atoms with Gasteiger partial charge in [0.05, 0.1) is 7.62 Å². The van der Waals surface area contributed by atoms with Crippen LogP contribution in [0, 0.1) is 13.8 Å². The molecule has 0 radical (unpaired) electrons.